The van der Waals surface area contributed by atoms with E-state index in [4.69, 9.17) is 0 Å². The SMILES string of the molecule is CCCN(Cc1ccccc1)C(=O)NCCc1cccnc1. The van der Waals surface area contributed by atoms with Gasteiger partial charge in [0.1, 0.15) is 0 Å². The van der Waals surface area contributed by atoms with Gasteiger partial charge >= 0.3 is 6.03 Å². The first kappa shape index (κ1) is 16.0. The number of nitrogens with zero attached hydrogens (tertiary/aromatic N) is 2. The first-order valence-electron chi connectivity index (χ1n) is 7.75. The number of nitrogens with one attached hydrogen (secondary N) is 1. The molecule has 4 nitrogen and oxygen atoms in total. The number of hydrogen-bond donors (Lipinski definition) is 1. The maximum Gasteiger partial charge on any atom is 0.317 e. The molecule has 2 amide bonds. The smallest absolute Gasteiger partial charge is 0.317 e. The molecule has 0 fully saturated rings. The van der Waals surface area contributed by atoms with Gasteiger partial charge in [0.25, 0.3) is 0 Å². The van der Waals surface area contributed by atoms with Gasteiger partial charge in [-0.15, -0.1) is 0 Å². The van der Waals surface area contributed by atoms with Crippen LogP contribution in [0.15, 0.2) is 54.9 Å². The van der Waals surface area contributed by atoms with Gasteiger partial charge in [-0.3, -0.25) is 4.98 Å². The van der Waals surface area contributed by atoms with Crippen LogP contribution in [0.5, 0.6) is 0 Å². The summed E-state index contributed by atoms with van der Waals surface area (Å²) in [5.74, 6) is 0. The lowest BCUT2D eigenvalue weighted by Gasteiger charge is -2.22. The predicted octanol–water partition coefficient (Wildman–Crippen LogP) is 3.25. The van der Waals surface area contributed by atoms with E-state index in [1.54, 1.807) is 6.20 Å². The maximum absolute atomic E-state index is 12.3. The topological polar surface area (TPSA) is 45.2 Å². The van der Waals surface area contributed by atoms with Crippen molar-refractivity contribution in [2.45, 2.75) is 26.3 Å². The molecule has 0 saturated heterocycles. The average molecular weight is 297 g/mol. The molecule has 2 rings (SSSR count). The van der Waals surface area contributed by atoms with Crippen molar-refractivity contribution < 1.29 is 4.79 Å². The van der Waals surface area contributed by atoms with Crippen LogP contribution in [0.25, 0.3) is 0 Å². The van der Waals surface area contributed by atoms with E-state index in [1.165, 1.54) is 0 Å². The molecule has 1 aromatic carbocycles. The van der Waals surface area contributed by atoms with E-state index in [0.717, 1.165) is 30.5 Å². The molecular formula is C18H23N3O. The number of hydrogen-bond acceptors (Lipinski definition) is 2. The minimum Gasteiger partial charge on any atom is -0.338 e. The number of carbonyl (C=O) groups is 1. The molecule has 22 heavy (non-hydrogen) atoms. The Morgan fingerprint density at radius 1 is 1.14 bits per heavy atom. The molecule has 2 aromatic rings. The highest BCUT2D eigenvalue weighted by atomic mass is 16.2. The van der Waals surface area contributed by atoms with Crippen molar-refractivity contribution >= 4 is 6.03 Å². The summed E-state index contributed by atoms with van der Waals surface area (Å²) in [6, 6.07) is 14.0. The van der Waals surface area contributed by atoms with Gasteiger partial charge in [-0.25, -0.2) is 4.79 Å². The summed E-state index contributed by atoms with van der Waals surface area (Å²) in [6.07, 6.45) is 5.33. The van der Waals surface area contributed by atoms with Crippen molar-refractivity contribution in [1.29, 1.82) is 0 Å². The van der Waals surface area contributed by atoms with Gasteiger partial charge in [-0.05, 0) is 30.0 Å². The van der Waals surface area contributed by atoms with Crippen molar-refractivity contribution in [3.8, 4) is 0 Å². The highest BCUT2D eigenvalue weighted by Crippen LogP contribution is 2.05. The van der Waals surface area contributed by atoms with E-state index in [9.17, 15) is 4.79 Å². The normalized spacial score (nSPS) is 10.2. The molecule has 0 radical (unpaired) electrons. The van der Waals surface area contributed by atoms with E-state index < -0.39 is 0 Å². The summed E-state index contributed by atoms with van der Waals surface area (Å²) in [7, 11) is 0. The Bertz CT molecular complexity index is 557. The van der Waals surface area contributed by atoms with Crippen LogP contribution in [-0.2, 0) is 13.0 Å². The Labute approximate surface area is 132 Å². The van der Waals surface area contributed by atoms with Gasteiger partial charge in [0.15, 0.2) is 0 Å². The van der Waals surface area contributed by atoms with Crippen molar-refractivity contribution in [3.63, 3.8) is 0 Å². The minimum atomic E-state index is -0.00501. The van der Waals surface area contributed by atoms with E-state index >= 15 is 0 Å². The third-order valence-electron chi connectivity index (χ3n) is 3.41. The zero-order valence-corrected chi connectivity index (χ0v) is 13.0. The van der Waals surface area contributed by atoms with Crippen LogP contribution in [0, 0.1) is 0 Å². The van der Waals surface area contributed by atoms with Gasteiger partial charge in [0.05, 0.1) is 0 Å². The Morgan fingerprint density at radius 2 is 1.91 bits per heavy atom. The van der Waals surface area contributed by atoms with Gasteiger partial charge < -0.3 is 10.2 Å². The van der Waals surface area contributed by atoms with Crippen LogP contribution in [0.3, 0.4) is 0 Å². The van der Waals surface area contributed by atoms with Crippen LogP contribution < -0.4 is 5.32 Å². The predicted molar refractivity (Wildman–Crippen MR) is 88.5 cm³/mol. The number of aromatic nitrogens is 1. The summed E-state index contributed by atoms with van der Waals surface area (Å²) >= 11 is 0. The van der Waals surface area contributed by atoms with Crippen LogP contribution >= 0.6 is 0 Å². The molecule has 0 saturated carbocycles. The van der Waals surface area contributed by atoms with E-state index in [2.05, 4.69) is 17.2 Å². The Kier molecular flexibility index (Phi) is 6.42. The van der Waals surface area contributed by atoms with Crippen molar-refractivity contribution in [3.05, 3.63) is 66.0 Å². The number of benzene rings is 1. The number of carbonyl (C=O) groups excluding carboxylic acids is 1. The standard InChI is InChI=1S/C18H23N3O/c1-2-13-21(15-17-7-4-3-5-8-17)18(22)20-12-10-16-9-6-11-19-14-16/h3-9,11,14H,2,10,12-13,15H2,1H3,(H,20,22). The Morgan fingerprint density at radius 3 is 2.59 bits per heavy atom. The lowest BCUT2D eigenvalue weighted by molar-refractivity contribution is 0.195. The molecule has 0 aliphatic carbocycles. The molecule has 0 aliphatic rings. The highest BCUT2D eigenvalue weighted by molar-refractivity contribution is 5.74. The van der Waals surface area contributed by atoms with Crippen molar-refractivity contribution in [2.75, 3.05) is 13.1 Å². The number of pyridine rings is 1. The Balaban J connectivity index is 1.84. The van der Waals surface area contributed by atoms with Gasteiger partial charge in [0.2, 0.25) is 0 Å². The molecule has 4 heteroatoms. The highest BCUT2D eigenvalue weighted by Gasteiger charge is 2.12. The maximum atomic E-state index is 12.3. The van der Waals surface area contributed by atoms with Gasteiger partial charge in [-0.2, -0.15) is 0 Å². The molecule has 0 aliphatic heterocycles. The molecule has 1 N–H and O–H groups in total. The fraction of sp³-hybridized carbons (Fsp3) is 0.333. The van der Waals surface area contributed by atoms with Gasteiger partial charge in [0, 0.05) is 32.0 Å². The molecule has 0 spiro atoms. The first-order chi connectivity index (χ1) is 10.8. The van der Waals surface area contributed by atoms with Crippen LogP contribution in [0.4, 0.5) is 4.79 Å². The van der Waals surface area contributed by atoms with Crippen molar-refractivity contribution in [2.24, 2.45) is 0 Å². The minimum absolute atomic E-state index is 0.00501. The zero-order chi connectivity index (χ0) is 15.6. The summed E-state index contributed by atoms with van der Waals surface area (Å²) < 4.78 is 0. The molecule has 1 heterocycles. The Hall–Kier alpha value is -2.36. The van der Waals surface area contributed by atoms with Crippen molar-refractivity contribution in [1.82, 2.24) is 15.2 Å². The molecule has 116 valence electrons. The molecule has 0 bridgehead atoms. The molecule has 0 unspecified atom stereocenters. The van der Waals surface area contributed by atoms with Gasteiger partial charge in [-0.1, -0.05) is 43.3 Å². The fourth-order valence-electron chi connectivity index (χ4n) is 2.30. The summed E-state index contributed by atoms with van der Waals surface area (Å²) in [5, 5.41) is 3.00. The van der Waals surface area contributed by atoms with Crippen LogP contribution in [0.1, 0.15) is 24.5 Å². The third kappa shape index (κ3) is 5.20. The number of amides is 2. The van der Waals surface area contributed by atoms with E-state index in [0.29, 0.717) is 13.1 Å². The van der Waals surface area contributed by atoms with E-state index in [-0.39, 0.29) is 6.03 Å². The summed E-state index contributed by atoms with van der Waals surface area (Å²) in [4.78, 5) is 18.3. The zero-order valence-electron chi connectivity index (χ0n) is 13.0. The lowest BCUT2D eigenvalue weighted by atomic mass is 10.2. The van der Waals surface area contributed by atoms with Crippen LogP contribution in [0.2, 0.25) is 0 Å². The second-order valence-corrected chi connectivity index (χ2v) is 5.25. The molecular weight excluding hydrogens is 274 g/mol. The molecule has 1 aromatic heterocycles. The first-order valence-corrected chi connectivity index (χ1v) is 7.75. The average Bonchev–Trinajstić information content (AvgIpc) is 2.56. The second kappa shape index (κ2) is 8.82. The largest absolute Gasteiger partial charge is 0.338 e. The van der Waals surface area contributed by atoms with E-state index in [1.807, 2.05) is 53.6 Å². The summed E-state index contributed by atoms with van der Waals surface area (Å²) in [5.41, 5.74) is 2.28. The fourth-order valence-corrected chi connectivity index (χ4v) is 2.30. The third-order valence-corrected chi connectivity index (χ3v) is 3.41. The number of rotatable bonds is 7. The summed E-state index contributed by atoms with van der Waals surface area (Å²) in [6.45, 7) is 4.11. The lowest BCUT2D eigenvalue weighted by Crippen LogP contribution is -2.40. The van der Waals surface area contributed by atoms with Crippen LogP contribution in [-0.4, -0.2) is 29.0 Å². The molecule has 0 atom stereocenters. The quantitative estimate of drug-likeness (QED) is 0.852. The number of urea groups is 1. The second-order valence-electron chi connectivity index (χ2n) is 5.25. The monoisotopic (exact) mass is 297 g/mol.